The Labute approximate surface area is 187 Å². The molecule has 3 aromatic rings. The van der Waals surface area contributed by atoms with E-state index in [9.17, 15) is 26.4 Å². The number of sulfonamides is 1. The summed E-state index contributed by atoms with van der Waals surface area (Å²) >= 11 is 0. The monoisotopic (exact) mass is 480 g/mol. The van der Waals surface area contributed by atoms with Crippen LogP contribution in [0.2, 0.25) is 0 Å². The van der Waals surface area contributed by atoms with Gasteiger partial charge in [0.05, 0.1) is 11.3 Å². The largest absolute Gasteiger partial charge is 0.487 e. The minimum absolute atomic E-state index is 0.0837. The molecule has 0 radical (unpaired) electrons. The first-order valence-corrected chi connectivity index (χ1v) is 11.2. The van der Waals surface area contributed by atoms with Crippen molar-refractivity contribution in [2.75, 3.05) is 11.9 Å². The van der Waals surface area contributed by atoms with Gasteiger partial charge < -0.3 is 14.6 Å². The summed E-state index contributed by atoms with van der Waals surface area (Å²) in [4.78, 5) is 16.9. The van der Waals surface area contributed by atoms with Gasteiger partial charge in [-0.05, 0) is 37.3 Å². The SMILES string of the molecule is Cn1cc2c(c1C(=O)Nc1ccc(F)c(C(F)F)c1)OCC(C)(c1ccccn1)NS2(=O)=O. The fourth-order valence-electron chi connectivity index (χ4n) is 3.56. The van der Waals surface area contributed by atoms with Crippen molar-refractivity contribution >= 4 is 21.6 Å². The van der Waals surface area contributed by atoms with Gasteiger partial charge in [0.2, 0.25) is 10.0 Å². The Balaban J connectivity index is 1.70. The molecule has 1 unspecified atom stereocenters. The standard InChI is InChI=1S/C21H19F3N4O4S/c1-21(16-5-3-4-8-25-16)11-32-18-15(33(30,31)27-21)10-28(2)17(18)20(29)26-12-6-7-14(22)13(9-12)19(23)24/h3-10,19,27H,11H2,1-2H3,(H,26,29). The molecule has 33 heavy (non-hydrogen) atoms. The first kappa shape index (κ1) is 22.8. The lowest BCUT2D eigenvalue weighted by Crippen LogP contribution is -2.46. The number of fused-ring (bicyclic) bond motifs is 1. The van der Waals surface area contributed by atoms with Crippen LogP contribution < -0.4 is 14.8 Å². The Morgan fingerprint density at radius 2 is 2.06 bits per heavy atom. The van der Waals surface area contributed by atoms with Crippen LogP contribution in [-0.4, -0.2) is 30.5 Å². The zero-order valence-corrected chi connectivity index (χ0v) is 18.3. The summed E-state index contributed by atoms with van der Waals surface area (Å²) in [7, 11) is -2.69. The number of aromatic nitrogens is 2. The van der Waals surface area contributed by atoms with Crippen LogP contribution in [-0.2, 0) is 22.6 Å². The van der Waals surface area contributed by atoms with Crippen molar-refractivity contribution in [3.63, 3.8) is 0 Å². The first-order valence-electron chi connectivity index (χ1n) is 9.68. The van der Waals surface area contributed by atoms with Crippen molar-refractivity contribution in [1.82, 2.24) is 14.3 Å². The van der Waals surface area contributed by atoms with Crippen LogP contribution in [0.15, 0.2) is 53.7 Å². The van der Waals surface area contributed by atoms with Crippen LogP contribution in [0.3, 0.4) is 0 Å². The summed E-state index contributed by atoms with van der Waals surface area (Å²) in [6.07, 6.45) is -0.342. The third kappa shape index (κ3) is 4.18. The molecule has 0 bridgehead atoms. The number of anilines is 1. The molecule has 8 nitrogen and oxygen atoms in total. The zero-order valence-electron chi connectivity index (χ0n) is 17.5. The molecule has 1 aromatic carbocycles. The Kier molecular flexibility index (Phi) is 5.66. The zero-order chi connectivity index (χ0) is 24.0. The molecule has 0 saturated carbocycles. The molecule has 1 aliphatic heterocycles. The van der Waals surface area contributed by atoms with Crippen molar-refractivity contribution in [1.29, 1.82) is 0 Å². The van der Waals surface area contributed by atoms with Crippen molar-refractivity contribution in [3.05, 3.63) is 71.6 Å². The summed E-state index contributed by atoms with van der Waals surface area (Å²) in [5.41, 5.74) is -1.91. The molecule has 4 rings (SSSR count). The number of carbonyl (C=O) groups is 1. The summed E-state index contributed by atoms with van der Waals surface area (Å²) in [6, 6.07) is 7.78. The number of hydrogen-bond donors (Lipinski definition) is 2. The number of pyridine rings is 1. The number of nitrogens with one attached hydrogen (secondary N) is 2. The van der Waals surface area contributed by atoms with Crippen LogP contribution in [0.1, 0.15) is 35.1 Å². The number of nitrogens with zero attached hydrogens (tertiary/aromatic N) is 2. The van der Waals surface area contributed by atoms with E-state index in [2.05, 4.69) is 15.0 Å². The molecule has 174 valence electrons. The van der Waals surface area contributed by atoms with Crippen LogP contribution in [0.5, 0.6) is 5.75 Å². The van der Waals surface area contributed by atoms with E-state index in [1.54, 1.807) is 25.1 Å². The lowest BCUT2D eigenvalue weighted by atomic mass is 10.00. The van der Waals surface area contributed by atoms with Gasteiger partial charge in [-0.1, -0.05) is 6.07 Å². The molecule has 2 aromatic heterocycles. The number of ether oxygens (including phenoxy) is 1. The van der Waals surface area contributed by atoms with Crippen LogP contribution in [0, 0.1) is 5.82 Å². The molecular formula is C21H19F3N4O4S. The van der Waals surface area contributed by atoms with Gasteiger partial charge in [-0.3, -0.25) is 9.78 Å². The highest BCUT2D eigenvalue weighted by Crippen LogP contribution is 2.37. The van der Waals surface area contributed by atoms with Crippen molar-refractivity contribution in [2.45, 2.75) is 23.8 Å². The van der Waals surface area contributed by atoms with E-state index in [-0.39, 0.29) is 28.6 Å². The second-order valence-electron chi connectivity index (χ2n) is 7.71. The van der Waals surface area contributed by atoms with Gasteiger partial charge in [-0.2, -0.15) is 4.72 Å². The molecule has 0 spiro atoms. The molecule has 1 atom stereocenters. The van der Waals surface area contributed by atoms with Gasteiger partial charge in [0.1, 0.15) is 22.9 Å². The topological polar surface area (TPSA) is 102 Å². The van der Waals surface area contributed by atoms with E-state index in [1.165, 1.54) is 24.0 Å². The number of hydrogen-bond acceptors (Lipinski definition) is 5. The maximum Gasteiger partial charge on any atom is 0.276 e. The maximum atomic E-state index is 13.6. The van der Waals surface area contributed by atoms with Crippen LogP contribution in [0.4, 0.5) is 18.9 Å². The van der Waals surface area contributed by atoms with E-state index in [1.807, 2.05) is 0 Å². The highest BCUT2D eigenvalue weighted by molar-refractivity contribution is 7.89. The van der Waals surface area contributed by atoms with Crippen molar-refractivity contribution in [2.24, 2.45) is 7.05 Å². The van der Waals surface area contributed by atoms with Gasteiger partial charge in [0.25, 0.3) is 12.3 Å². The Morgan fingerprint density at radius 1 is 1.30 bits per heavy atom. The Hall–Kier alpha value is -3.38. The van der Waals surface area contributed by atoms with Gasteiger partial charge in [-0.15, -0.1) is 0 Å². The minimum Gasteiger partial charge on any atom is -0.487 e. The molecule has 3 heterocycles. The normalized spacial score (nSPS) is 19.5. The van der Waals surface area contributed by atoms with Crippen LogP contribution >= 0.6 is 0 Å². The Bertz CT molecular complexity index is 1330. The number of aryl methyl sites for hydroxylation is 1. The molecule has 0 saturated heterocycles. The number of benzene rings is 1. The third-order valence-electron chi connectivity index (χ3n) is 5.19. The minimum atomic E-state index is -4.13. The summed E-state index contributed by atoms with van der Waals surface area (Å²) in [6.45, 7) is 1.43. The van der Waals surface area contributed by atoms with Crippen LogP contribution in [0.25, 0.3) is 0 Å². The highest BCUT2D eigenvalue weighted by atomic mass is 32.2. The predicted molar refractivity (Wildman–Crippen MR) is 112 cm³/mol. The average Bonchev–Trinajstić information content (AvgIpc) is 3.06. The Morgan fingerprint density at radius 3 is 2.73 bits per heavy atom. The fourth-order valence-corrected chi connectivity index (χ4v) is 5.13. The molecule has 0 aliphatic carbocycles. The predicted octanol–water partition coefficient (Wildman–Crippen LogP) is 3.34. The second-order valence-corrected chi connectivity index (χ2v) is 9.37. The van der Waals surface area contributed by atoms with E-state index in [0.717, 1.165) is 18.2 Å². The lowest BCUT2D eigenvalue weighted by molar-refractivity contribution is 0.101. The van der Waals surface area contributed by atoms with Gasteiger partial charge in [0.15, 0.2) is 11.4 Å². The molecule has 12 heteroatoms. The van der Waals surface area contributed by atoms with Gasteiger partial charge in [-0.25, -0.2) is 21.6 Å². The third-order valence-corrected chi connectivity index (χ3v) is 6.78. The molecule has 1 amide bonds. The summed E-state index contributed by atoms with van der Waals surface area (Å²) < 4.78 is 75.4. The summed E-state index contributed by atoms with van der Waals surface area (Å²) in [5, 5.41) is 2.39. The van der Waals surface area contributed by atoms with Crippen molar-refractivity contribution in [3.8, 4) is 5.75 Å². The number of rotatable bonds is 4. The smallest absolute Gasteiger partial charge is 0.276 e. The molecule has 0 fully saturated rings. The van der Waals surface area contributed by atoms with Crippen molar-refractivity contribution < 1.29 is 31.1 Å². The first-order chi connectivity index (χ1) is 15.5. The fraction of sp³-hybridized carbons (Fsp3) is 0.238. The summed E-state index contributed by atoms with van der Waals surface area (Å²) in [5.74, 6) is -2.12. The maximum absolute atomic E-state index is 13.6. The van der Waals surface area contributed by atoms with E-state index < -0.39 is 39.3 Å². The van der Waals surface area contributed by atoms with E-state index in [0.29, 0.717) is 5.69 Å². The lowest BCUT2D eigenvalue weighted by Gasteiger charge is -2.27. The number of amides is 1. The molecule has 2 N–H and O–H groups in total. The van der Waals surface area contributed by atoms with Gasteiger partial charge >= 0.3 is 0 Å². The van der Waals surface area contributed by atoms with Gasteiger partial charge in [0, 0.05) is 25.1 Å². The van der Waals surface area contributed by atoms with E-state index in [4.69, 9.17) is 4.74 Å². The molecular weight excluding hydrogens is 461 g/mol. The number of halogens is 3. The molecule has 1 aliphatic rings. The highest BCUT2D eigenvalue weighted by Gasteiger charge is 2.41. The number of carbonyl (C=O) groups excluding carboxylic acids is 1. The van der Waals surface area contributed by atoms with E-state index >= 15 is 0 Å². The second kappa shape index (κ2) is 8.19. The average molecular weight is 480 g/mol. The quantitative estimate of drug-likeness (QED) is 0.597. The number of alkyl halides is 2.